The van der Waals surface area contributed by atoms with Crippen molar-refractivity contribution in [1.29, 1.82) is 0 Å². The Morgan fingerprint density at radius 1 is 0.893 bits per heavy atom. The number of hydrogen-bond acceptors (Lipinski definition) is 4. The van der Waals surface area contributed by atoms with Crippen molar-refractivity contribution in [2.45, 2.75) is 20.3 Å². The number of nitrogens with one attached hydrogen (secondary N) is 3. The van der Waals surface area contributed by atoms with Gasteiger partial charge in [0, 0.05) is 30.2 Å². The second-order valence-corrected chi connectivity index (χ2v) is 6.28. The number of benzene rings is 2. The normalized spacial score (nSPS) is 10.2. The number of pyridine rings is 1. The molecule has 0 aliphatic rings. The molecule has 2 amide bonds. The van der Waals surface area contributed by atoms with E-state index in [9.17, 15) is 9.59 Å². The van der Waals surface area contributed by atoms with Crippen molar-refractivity contribution in [1.82, 2.24) is 4.98 Å². The van der Waals surface area contributed by atoms with Crippen LogP contribution in [-0.2, 0) is 11.2 Å². The van der Waals surface area contributed by atoms with Crippen LogP contribution < -0.4 is 16.0 Å². The van der Waals surface area contributed by atoms with Crippen molar-refractivity contribution in [3.63, 3.8) is 0 Å². The summed E-state index contributed by atoms with van der Waals surface area (Å²) < 4.78 is 0. The summed E-state index contributed by atoms with van der Waals surface area (Å²) in [5.41, 5.74) is 3.94. The van der Waals surface area contributed by atoms with Gasteiger partial charge in [0.1, 0.15) is 5.82 Å². The molecule has 3 N–H and O–H groups in total. The number of carbonyl (C=O) groups is 2. The lowest BCUT2D eigenvalue weighted by atomic mass is 10.1. The highest BCUT2D eigenvalue weighted by molar-refractivity contribution is 6.04. The fourth-order valence-electron chi connectivity index (χ4n) is 2.74. The van der Waals surface area contributed by atoms with Crippen LogP contribution in [0.15, 0.2) is 66.9 Å². The van der Waals surface area contributed by atoms with Crippen LogP contribution in [-0.4, -0.2) is 16.8 Å². The number of para-hydroxylation sites is 1. The van der Waals surface area contributed by atoms with Gasteiger partial charge in [-0.05, 0) is 54.4 Å². The number of aryl methyl sites for hydroxylation is 1. The van der Waals surface area contributed by atoms with E-state index in [0.717, 1.165) is 29.0 Å². The smallest absolute Gasteiger partial charge is 0.257 e. The predicted octanol–water partition coefficient (Wildman–Crippen LogP) is 4.60. The molecular weight excluding hydrogens is 352 g/mol. The van der Waals surface area contributed by atoms with E-state index in [1.807, 2.05) is 36.4 Å². The van der Waals surface area contributed by atoms with Crippen LogP contribution in [0.25, 0.3) is 0 Å². The van der Waals surface area contributed by atoms with Crippen LogP contribution >= 0.6 is 0 Å². The molecular formula is C22H22N4O2. The van der Waals surface area contributed by atoms with Gasteiger partial charge < -0.3 is 16.0 Å². The number of hydrogen-bond donors (Lipinski definition) is 3. The summed E-state index contributed by atoms with van der Waals surface area (Å²) in [5, 5.41) is 8.81. The fourth-order valence-corrected chi connectivity index (χ4v) is 2.74. The molecule has 0 fully saturated rings. The third-order valence-electron chi connectivity index (χ3n) is 4.15. The Hall–Kier alpha value is -3.67. The van der Waals surface area contributed by atoms with E-state index in [2.05, 4.69) is 27.9 Å². The van der Waals surface area contributed by atoms with E-state index in [-0.39, 0.29) is 11.8 Å². The predicted molar refractivity (Wildman–Crippen MR) is 112 cm³/mol. The monoisotopic (exact) mass is 374 g/mol. The largest absolute Gasteiger partial charge is 0.340 e. The van der Waals surface area contributed by atoms with Crippen molar-refractivity contribution >= 4 is 34.7 Å². The number of amides is 2. The number of aromatic nitrogens is 1. The molecule has 0 aliphatic heterocycles. The number of carbonyl (C=O) groups excluding carboxylic acids is 2. The van der Waals surface area contributed by atoms with Crippen LogP contribution in [0.1, 0.15) is 29.8 Å². The van der Waals surface area contributed by atoms with Gasteiger partial charge in [0.2, 0.25) is 5.91 Å². The van der Waals surface area contributed by atoms with E-state index in [1.165, 1.54) is 13.1 Å². The third-order valence-corrected chi connectivity index (χ3v) is 4.15. The molecule has 0 saturated heterocycles. The molecule has 0 atom stereocenters. The number of nitrogens with zero attached hydrogens (tertiary/aromatic N) is 1. The standard InChI is InChI=1S/C22H22N4O2/c1-3-16-6-4-5-7-20(16)26-22(28)17-8-13-21(23-14-17)25-19-11-9-18(10-12-19)24-15(2)27/h4-14H,3H2,1-2H3,(H,23,25)(H,24,27)(H,26,28). The van der Waals surface area contributed by atoms with Gasteiger partial charge >= 0.3 is 0 Å². The van der Waals surface area contributed by atoms with Crippen LogP contribution in [0.3, 0.4) is 0 Å². The molecule has 0 spiro atoms. The molecule has 3 rings (SSSR count). The second kappa shape index (κ2) is 8.81. The van der Waals surface area contributed by atoms with Crippen molar-refractivity contribution in [2.24, 2.45) is 0 Å². The zero-order valence-electron chi connectivity index (χ0n) is 15.8. The van der Waals surface area contributed by atoms with Crippen LogP contribution in [0.4, 0.5) is 22.9 Å². The Bertz CT molecular complexity index is 967. The highest BCUT2D eigenvalue weighted by atomic mass is 16.2. The zero-order valence-corrected chi connectivity index (χ0v) is 15.8. The summed E-state index contributed by atoms with van der Waals surface area (Å²) in [7, 11) is 0. The van der Waals surface area contributed by atoms with Crippen LogP contribution in [0.5, 0.6) is 0 Å². The van der Waals surface area contributed by atoms with Crippen molar-refractivity contribution in [3.05, 3.63) is 78.0 Å². The van der Waals surface area contributed by atoms with Gasteiger partial charge in [-0.3, -0.25) is 9.59 Å². The first-order valence-electron chi connectivity index (χ1n) is 9.05. The van der Waals surface area contributed by atoms with E-state index >= 15 is 0 Å². The topological polar surface area (TPSA) is 83.1 Å². The van der Waals surface area contributed by atoms with Gasteiger partial charge in [0.05, 0.1) is 5.56 Å². The lowest BCUT2D eigenvalue weighted by Crippen LogP contribution is -2.13. The molecule has 0 saturated carbocycles. The Morgan fingerprint density at radius 3 is 2.25 bits per heavy atom. The molecule has 6 heteroatoms. The van der Waals surface area contributed by atoms with Gasteiger partial charge in [-0.15, -0.1) is 0 Å². The lowest BCUT2D eigenvalue weighted by Gasteiger charge is -2.10. The summed E-state index contributed by atoms with van der Waals surface area (Å²) in [4.78, 5) is 27.8. The summed E-state index contributed by atoms with van der Waals surface area (Å²) in [6.07, 6.45) is 2.39. The Morgan fingerprint density at radius 2 is 1.61 bits per heavy atom. The second-order valence-electron chi connectivity index (χ2n) is 6.28. The molecule has 0 unspecified atom stereocenters. The molecule has 1 aromatic heterocycles. The maximum Gasteiger partial charge on any atom is 0.257 e. The van der Waals surface area contributed by atoms with Gasteiger partial charge in [0.15, 0.2) is 0 Å². The molecule has 1 heterocycles. The summed E-state index contributed by atoms with van der Waals surface area (Å²) in [5.74, 6) is 0.315. The van der Waals surface area contributed by atoms with E-state index < -0.39 is 0 Å². The molecule has 28 heavy (non-hydrogen) atoms. The summed E-state index contributed by atoms with van der Waals surface area (Å²) in [6, 6.07) is 18.5. The highest BCUT2D eigenvalue weighted by Crippen LogP contribution is 2.19. The molecule has 0 bridgehead atoms. The summed E-state index contributed by atoms with van der Waals surface area (Å²) >= 11 is 0. The maximum atomic E-state index is 12.5. The Balaban J connectivity index is 1.64. The van der Waals surface area contributed by atoms with Crippen molar-refractivity contribution < 1.29 is 9.59 Å². The zero-order chi connectivity index (χ0) is 19.9. The molecule has 6 nitrogen and oxygen atoms in total. The number of rotatable bonds is 6. The highest BCUT2D eigenvalue weighted by Gasteiger charge is 2.09. The van der Waals surface area contributed by atoms with E-state index in [0.29, 0.717) is 11.4 Å². The molecule has 142 valence electrons. The first-order chi connectivity index (χ1) is 13.5. The average molecular weight is 374 g/mol. The van der Waals surface area contributed by atoms with Gasteiger partial charge in [-0.1, -0.05) is 25.1 Å². The van der Waals surface area contributed by atoms with E-state index in [1.54, 1.807) is 24.3 Å². The fraction of sp³-hybridized carbons (Fsp3) is 0.136. The van der Waals surface area contributed by atoms with Crippen LogP contribution in [0, 0.1) is 0 Å². The first kappa shape index (κ1) is 19.1. The molecule has 0 radical (unpaired) electrons. The van der Waals surface area contributed by atoms with Gasteiger partial charge in [-0.25, -0.2) is 4.98 Å². The third kappa shape index (κ3) is 4.94. The summed E-state index contributed by atoms with van der Waals surface area (Å²) in [6.45, 7) is 3.52. The molecule has 2 aromatic carbocycles. The quantitative estimate of drug-likeness (QED) is 0.589. The minimum Gasteiger partial charge on any atom is -0.340 e. The van der Waals surface area contributed by atoms with Crippen molar-refractivity contribution in [2.75, 3.05) is 16.0 Å². The first-order valence-corrected chi connectivity index (χ1v) is 9.05. The minimum atomic E-state index is -0.195. The van der Waals surface area contributed by atoms with Crippen molar-refractivity contribution in [3.8, 4) is 0 Å². The average Bonchev–Trinajstić information content (AvgIpc) is 2.70. The molecule has 3 aromatic rings. The van der Waals surface area contributed by atoms with Gasteiger partial charge in [-0.2, -0.15) is 0 Å². The van der Waals surface area contributed by atoms with Gasteiger partial charge in [0.25, 0.3) is 5.91 Å². The molecule has 0 aliphatic carbocycles. The Labute approximate surface area is 164 Å². The minimum absolute atomic E-state index is 0.113. The number of anilines is 4. The maximum absolute atomic E-state index is 12.5. The SMILES string of the molecule is CCc1ccccc1NC(=O)c1ccc(Nc2ccc(NC(C)=O)cc2)nc1. The van der Waals surface area contributed by atoms with Crippen LogP contribution in [0.2, 0.25) is 0 Å². The van der Waals surface area contributed by atoms with E-state index in [4.69, 9.17) is 0 Å². The Kier molecular flexibility index (Phi) is 6.01. The lowest BCUT2D eigenvalue weighted by molar-refractivity contribution is -0.114.